The van der Waals surface area contributed by atoms with Gasteiger partial charge in [0, 0.05) is 50.5 Å². The summed E-state index contributed by atoms with van der Waals surface area (Å²) in [6, 6.07) is 17.6. The second-order valence-corrected chi connectivity index (χ2v) is 21.9. The molecule has 3 N–H and O–H groups in total. The quantitative estimate of drug-likeness (QED) is 0.0679. The number of aryl methyl sites for hydroxylation is 3. The highest BCUT2D eigenvalue weighted by Gasteiger charge is 2.43. The van der Waals surface area contributed by atoms with Crippen molar-refractivity contribution in [2.45, 2.75) is 136 Å². The first kappa shape index (κ1) is 58.5. The number of hydrogen-bond acceptors (Lipinski definition) is 14. The molecule has 5 atom stereocenters. The Morgan fingerprint density at radius 3 is 2.48 bits per heavy atom. The topological polar surface area (TPSA) is 232 Å². The number of carbonyl (C=O) groups is 5. The molecule has 19 nitrogen and oxygen atoms in total. The molecule has 0 saturated heterocycles. The number of hydrogen-bond donors (Lipinski definition) is 3. The molecule has 4 amide bonds. The van der Waals surface area contributed by atoms with Gasteiger partial charge in [0.25, 0.3) is 5.91 Å². The maximum atomic E-state index is 14.7. The second kappa shape index (κ2) is 26.1. The lowest BCUT2D eigenvalue weighted by molar-refractivity contribution is -0.147. The molecule has 2 aromatic heterocycles. The van der Waals surface area contributed by atoms with Gasteiger partial charge in [-0.1, -0.05) is 51.1 Å². The van der Waals surface area contributed by atoms with Crippen LogP contribution in [0.5, 0.6) is 11.6 Å². The van der Waals surface area contributed by atoms with E-state index in [0.29, 0.717) is 46.8 Å². The van der Waals surface area contributed by atoms with Crippen LogP contribution in [0.2, 0.25) is 0 Å². The zero-order valence-corrected chi connectivity index (χ0v) is 47.0. The normalized spacial score (nSPS) is 17.6. The van der Waals surface area contributed by atoms with Gasteiger partial charge in [0.2, 0.25) is 23.6 Å². The number of likely N-dealkylation sites (N-methyl/N-ethyl adjacent to an activating group) is 1. The van der Waals surface area contributed by atoms with E-state index in [1.54, 1.807) is 39.8 Å². The molecule has 20 heteroatoms. The standard InChI is InChI=1S/C60H73FN10O9/c1-36(63-7)55(73)67-54(60(4,5)6)59(76)70-34-41-29-44(20-18-40(41)30-51(70)56(74)65-48-17-11-14-39-13-9-10-16-45(39)48)79-28-27-78-26-25-77-24-22-43(72)15-12-23-71-52(32-62)53-49-33-64-37(2)57(66-49)80-38(3)47-31-42(61)19-21-46(47)58(75)69(8)35-50(53)68-71/h9-10,13,16,18-21,29,31,33,36,38,48,51,54,63H,11-12,14-15,17,22-28,30,34-35H2,1-8H3,(H,65,74)(H,67,73)/t36-,38-,48+,51-,54+/m1/s1. The maximum Gasteiger partial charge on any atom is 0.254 e. The number of fused-ring (bicyclic) bond motifs is 7. The molecule has 4 heterocycles. The molecule has 0 fully saturated rings. The van der Waals surface area contributed by atoms with Crippen molar-refractivity contribution in [3.05, 3.63) is 123 Å². The fraction of sp³-hybridized carbons (Fsp3) is 0.483. The van der Waals surface area contributed by atoms with Crippen molar-refractivity contribution in [3.63, 3.8) is 0 Å². The van der Waals surface area contributed by atoms with Crippen LogP contribution in [-0.2, 0) is 61.1 Å². The lowest BCUT2D eigenvalue weighted by Gasteiger charge is -2.41. The summed E-state index contributed by atoms with van der Waals surface area (Å²) >= 11 is 0. The van der Waals surface area contributed by atoms with Gasteiger partial charge in [0.05, 0.1) is 73.9 Å². The highest BCUT2D eigenvalue weighted by Crippen LogP contribution is 2.36. The molecule has 8 rings (SSSR count). The van der Waals surface area contributed by atoms with Gasteiger partial charge in [-0.3, -0.25) is 33.6 Å². The smallest absolute Gasteiger partial charge is 0.254 e. The third-order valence-electron chi connectivity index (χ3n) is 15.0. The molecule has 0 unspecified atom stereocenters. The van der Waals surface area contributed by atoms with Gasteiger partial charge in [-0.05, 0) is 112 Å². The molecule has 80 heavy (non-hydrogen) atoms. The summed E-state index contributed by atoms with van der Waals surface area (Å²) in [7, 11) is 3.29. The molecular formula is C60H73FN10O9. The third kappa shape index (κ3) is 13.9. The molecule has 0 radical (unpaired) electrons. The van der Waals surface area contributed by atoms with E-state index >= 15 is 0 Å². The zero-order chi connectivity index (χ0) is 57.3. The van der Waals surface area contributed by atoms with Gasteiger partial charge in [-0.15, -0.1) is 0 Å². The van der Waals surface area contributed by atoms with Crippen molar-refractivity contribution in [2.75, 3.05) is 47.1 Å². The molecular weight excluding hydrogens is 1020 g/mol. The Morgan fingerprint density at radius 1 is 0.950 bits per heavy atom. The van der Waals surface area contributed by atoms with Crippen LogP contribution < -0.4 is 25.4 Å². The van der Waals surface area contributed by atoms with Crippen molar-refractivity contribution < 1.29 is 47.3 Å². The highest BCUT2D eigenvalue weighted by molar-refractivity contribution is 5.96. The van der Waals surface area contributed by atoms with E-state index in [0.717, 1.165) is 36.0 Å². The Balaban J connectivity index is 0.808. The molecule has 0 saturated carbocycles. The van der Waals surface area contributed by atoms with Crippen LogP contribution in [0.3, 0.4) is 0 Å². The van der Waals surface area contributed by atoms with Gasteiger partial charge in [0.15, 0.2) is 0 Å². The first-order chi connectivity index (χ1) is 38.3. The molecule has 5 aromatic rings. The number of amides is 4. The fourth-order valence-corrected chi connectivity index (χ4v) is 10.4. The minimum Gasteiger partial charge on any atom is -0.491 e. The summed E-state index contributed by atoms with van der Waals surface area (Å²) < 4.78 is 39.7. The Labute approximate surface area is 466 Å². The van der Waals surface area contributed by atoms with Crippen LogP contribution in [0.25, 0.3) is 11.3 Å². The summed E-state index contributed by atoms with van der Waals surface area (Å²) in [5, 5.41) is 24.4. The molecule has 424 valence electrons. The van der Waals surface area contributed by atoms with E-state index < -0.39 is 35.5 Å². The Bertz CT molecular complexity index is 3130. The molecule has 3 aliphatic rings. The SMILES string of the molecule is CN[C@H](C)C(=O)N[C@@H](C(=O)N1Cc2cc(OCCOCCOCCC(=O)CCCn3nc4c(c3C#N)-c3cnc(C)c(n3)O[C@H](C)c3cc(F)ccc3C(=O)N(C)C4)ccc2C[C@@H]1C(=O)N[C@H]1CCCc2ccccc21)C(C)(C)C. The van der Waals surface area contributed by atoms with Crippen molar-refractivity contribution in [3.8, 4) is 29.0 Å². The zero-order valence-electron chi connectivity index (χ0n) is 47.0. The summed E-state index contributed by atoms with van der Waals surface area (Å²) in [6.45, 7) is 12.5. The summed E-state index contributed by atoms with van der Waals surface area (Å²) in [5.41, 5.74) is 5.84. The van der Waals surface area contributed by atoms with E-state index in [2.05, 4.69) is 39.1 Å². The summed E-state index contributed by atoms with van der Waals surface area (Å²) in [4.78, 5) is 81.3. The number of rotatable bonds is 20. The number of nitrogens with zero attached hydrogens (tertiary/aromatic N) is 7. The highest BCUT2D eigenvalue weighted by atomic mass is 19.1. The minimum absolute atomic E-state index is 0.0130. The number of nitrogens with one attached hydrogen (secondary N) is 3. The van der Waals surface area contributed by atoms with Gasteiger partial charge in [-0.2, -0.15) is 10.4 Å². The average molecular weight is 1100 g/mol. The van der Waals surface area contributed by atoms with Gasteiger partial charge in [0.1, 0.15) is 53.9 Å². The van der Waals surface area contributed by atoms with Crippen molar-refractivity contribution in [2.24, 2.45) is 5.41 Å². The fourth-order valence-electron chi connectivity index (χ4n) is 10.4. The van der Waals surface area contributed by atoms with Crippen LogP contribution in [0, 0.1) is 29.5 Å². The van der Waals surface area contributed by atoms with Gasteiger partial charge in [-0.25, -0.2) is 9.37 Å². The number of benzene rings is 3. The van der Waals surface area contributed by atoms with Crippen LogP contribution in [0.15, 0.2) is 66.9 Å². The van der Waals surface area contributed by atoms with Crippen LogP contribution in [-0.4, -0.2) is 124 Å². The molecule has 2 aliphatic heterocycles. The first-order valence-electron chi connectivity index (χ1n) is 27.5. The van der Waals surface area contributed by atoms with E-state index in [-0.39, 0.29) is 118 Å². The summed E-state index contributed by atoms with van der Waals surface area (Å²) in [5.74, 6) is -1.05. The predicted octanol–water partition coefficient (Wildman–Crippen LogP) is 6.82. The number of aromatic nitrogens is 4. The second-order valence-electron chi connectivity index (χ2n) is 21.9. The lowest BCUT2D eigenvalue weighted by atomic mass is 9.83. The number of carbonyl (C=O) groups excluding carboxylic acids is 5. The van der Waals surface area contributed by atoms with Crippen molar-refractivity contribution in [1.29, 1.82) is 5.26 Å². The van der Waals surface area contributed by atoms with E-state index in [9.17, 15) is 33.6 Å². The van der Waals surface area contributed by atoms with Crippen LogP contribution in [0.1, 0.15) is 134 Å². The predicted molar refractivity (Wildman–Crippen MR) is 295 cm³/mol. The van der Waals surface area contributed by atoms with Gasteiger partial charge < -0.3 is 44.7 Å². The van der Waals surface area contributed by atoms with Crippen molar-refractivity contribution >= 4 is 29.4 Å². The monoisotopic (exact) mass is 1100 g/mol. The molecule has 3 aromatic carbocycles. The first-order valence-corrected chi connectivity index (χ1v) is 27.5. The number of nitriles is 1. The maximum absolute atomic E-state index is 14.7. The molecule has 0 spiro atoms. The number of ketones is 1. The molecule has 1 aliphatic carbocycles. The summed E-state index contributed by atoms with van der Waals surface area (Å²) in [6.07, 6.45) is 4.55. The van der Waals surface area contributed by atoms with Gasteiger partial charge >= 0.3 is 0 Å². The Kier molecular flexibility index (Phi) is 19.1. The van der Waals surface area contributed by atoms with Crippen LogP contribution in [0.4, 0.5) is 4.39 Å². The lowest BCUT2D eigenvalue weighted by Crippen LogP contribution is -2.62. The van der Waals surface area contributed by atoms with Crippen molar-refractivity contribution in [1.82, 2.24) is 45.5 Å². The van der Waals surface area contributed by atoms with Crippen LogP contribution >= 0.6 is 0 Å². The number of halogens is 1. The average Bonchev–Trinajstić information content (AvgIpc) is 3.79. The van der Waals surface area contributed by atoms with E-state index in [1.165, 1.54) is 39.5 Å². The minimum atomic E-state index is -0.906. The molecule has 2 bridgehead atoms. The number of Topliss-reactive ketones (excluding diaryl/α,β-unsaturated/α-hetero) is 1. The number of ether oxygens (including phenoxy) is 4. The third-order valence-corrected chi connectivity index (χ3v) is 15.0. The Morgan fingerprint density at radius 2 is 1.71 bits per heavy atom. The van der Waals surface area contributed by atoms with E-state index in [4.69, 9.17) is 29.0 Å². The Hall–Kier alpha value is -7.60. The van der Waals surface area contributed by atoms with E-state index in [1.807, 2.05) is 51.1 Å². The largest absolute Gasteiger partial charge is 0.491 e.